The van der Waals surface area contributed by atoms with Gasteiger partial charge >= 0.3 is 11.8 Å². The van der Waals surface area contributed by atoms with Gasteiger partial charge in [0, 0.05) is 28.9 Å². The maximum Gasteiger partial charge on any atom is 0.315 e. The van der Waals surface area contributed by atoms with Gasteiger partial charge in [-0.2, -0.15) is 0 Å². The van der Waals surface area contributed by atoms with Gasteiger partial charge < -0.3 is 10.2 Å². The number of hydrogen-bond donors (Lipinski definition) is 2. The zero-order valence-corrected chi connectivity index (χ0v) is 15.8. The Labute approximate surface area is 152 Å². The number of halogens is 1. The summed E-state index contributed by atoms with van der Waals surface area (Å²) in [6, 6.07) is 5.49. The minimum Gasteiger partial charge on any atom is -0.317 e. The first-order valence-corrected chi connectivity index (χ1v) is 9.09. The van der Waals surface area contributed by atoms with Crippen molar-refractivity contribution in [3.8, 4) is 0 Å². The van der Waals surface area contributed by atoms with E-state index in [1.807, 2.05) is 26.1 Å². The number of nitrogens with zero attached hydrogens (tertiary/aromatic N) is 2. The molecule has 1 aromatic heterocycles. The van der Waals surface area contributed by atoms with Crippen LogP contribution in [0.25, 0.3) is 0 Å². The standard InChI is InChI=1S/C16H17BrN4O2S/c1-9-3-4-11(10(17)7-9)18-14(22)15(23)20-16-19-12-5-6-21(2)8-13(12)24-16/h3-4,7H,5-6,8H2,1-2H3,(H,18,22)(H,19,20,23). The predicted octanol–water partition coefficient (Wildman–Crippen LogP) is 2.78. The highest BCUT2D eigenvalue weighted by Gasteiger charge is 2.21. The van der Waals surface area contributed by atoms with Gasteiger partial charge in [-0.15, -0.1) is 11.3 Å². The highest BCUT2D eigenvalue weighted by Crippen LogP contribution is 2.28. The molecule has 1 aliphatic rings. The Hall–Kier alpha value is -1.77. The molecule has 0 fully saturated rings. The average molecular weight is 409 g/mol. The first kappa shape index (κ1) is 17.1. The van der Waals surface area contributed by atoms with Crippen molar-refractivity contribution in [2.24, 2.45) is 0 Å². The molecule has 2 amide bonds. The van der Waals surface area contributed by atoms with Crippen LogP contribution in [0.3, 0.4) is 0 Å². The molecule has 1 aliphatic heterocycles. The third-order valence-electron chi connectivity index (χ3n) is 3.72. The van der Waals surface area contributed by atoms with Crippen LogP contribution in [-0.4, -0.2) is 35.3 Å². The number of thiazole rings is 1. The molecule has 2 heterocycles. The number of carbonyl (C=O) groups excluding carboxylic acids is 2. The summed E-state index contributed by atoms with van der Waals surface area (Å²) in [5, 5.41) is 5.66. The van der Waals surface area contributed by atoms with Crippen molar-refractivity contribution in [1.82, 2.24) is 9.88 Å². The monoisotopic (exact) mass is 408 g/mol. The molecule has 0 radical (unpaired) electrons. The van der Waals surface area contributed by atoms with Crippen LogP contribution in [-0.2, 0) is 22.6 Å². The van der Waals surface area contributed by atoms with Gasteiger partial charge in [0.1, 0.15) is 0 Å². The van der Waals surface area contributed by atoms with Crippen molar-refractivity contribution in [2.75, 3.05) is 24.2 Å². The van der Waals surface area contributed by atoms with E-state index in [-0.39, 0.29) is 0 Å². The fourth-order valence-electron chi connectivity index (χ4n) is 2.43. The molecule has 0 saturated carbocycles. The molecule has 2 N–H and O–H groups in total. The van der Waals surface area contributed by atoms with E-state index in [1.54, 1.807) is 6.07 Å². The summed E-state index contributed by atoms with van der Waals surface area (Å²) < 4.78 is 0.733. The quantitative estimate of drug-likeness (QED) is 0.749. The van der Waals surface area contributed by atoms with Crippen LogP contribution in [0.2, 0.25) is 0 Å². The molecule has 0 unspecified atom stereocenters. The first-order chi connectivity index (χ1) is 11.4. The fraction of sp³-hybridized carbons (Fsp3) is 0.312. The van der Waals surface area contributed by atoms with Crippen LogP contribution >= 0.6 is 27.3 Å². The zero-order valence-electron chi connectivity index (χ0n) is 13.4. The number of nitrogens with one attached hydrogen (secondary N) is 2. The summed E-state index contributed by atoms with van der Waals surface area (Å²) in [5.41, 5.74) is 2.62. The lowest BCUT2D eigenvalue weighted by Crippen LogP contribution is -2.29. The molecular weight excluding hydrogens is 392 g/mol. The van der Waals surface area contributed by atoms with E-state index < -0.39 is 11.8 Å². The SMILES string of the molecule is Cc1ccc(NC(=O)C(=O)Nc2nc3c(s2)CN(C)CC3)c(Br)c1. The third kappa shape index (κ3) is 3.82. The largest absolute Gasteiger partial charge is 0.317 e. The molecule has 8 heteroatoms. The molecule has 6 nitrogen and oxygen atoms in total. The molecule has 1 aromatic carbocycles. The topological polar surface area (TPSA) is 74.3 Å². The average Bonchev–Trinajstić information content (AvgIpc) is 2.91. The number of rotatable bonds is 2. The number of carbonyl (C=O) groups is 2. The second-order valence-corrected chi connectivity index (χ2v) is 7.71. The van der Waals surface area contributed by atoms with Crippen LogP contribution in [0.1, 0.15) is 16.1 Å². The molecule has 0 spiro atoms. The van der Waals surface area contributed by atoms with Crippen molar-refractivity contribution in [2.45, 2.75) is 19.9 Å². The predicted molar refractivity (Wildman–Crippen MR) is 98.3 cm³/mol. The number of likely N-dealkylation sites (N-methyl/N-ethyl adjacent to an activating group) is 1. The van der Waals surface area contributed by atoms with E-state index in [1.165, 1.54) is 11.3 Å². The Morgan fingerprint density at radius 1 is 1.29 bits per heavy atom. The van der Waals surface area contributed by atoms with Gasteiger partial charge in [0.15, 0.2) is 5.13 Å². The smallest absolute Gasteiger partial charge is 0.315 e. The van der Waals surface area contributed by atoms with Crippen molar-refractivity contribution >= 4 is 49.9 Å². The van der Waals surface area contributed by atoms with Gasteiger partial charge in [-0.25, -0.2) is 4.98 Å². The number of aromatic nitrogens is 1. The van der Waals surface area contributed by atoms with E-state index in [9.17, 15) is 9.59 Å². The van der Waals surface area contributed by atoms with Crippen LogP contribution in [0, 0.1) is 6.92 Å². The number of amides is 2. The van der Waals surface area contributed by atoms with E-state index in [0.29, 0.717) is 10.8 Å². The highest BCUT2D eigenvalue weighted by atomic mass is 79.9. The van der Waals surface area contributed by atoms with Gasteiger partial charge in [-0.05, 0) is 47.6 Å². The third-order valence-corrected chi connectivity index (χ3v) is 5.38. The maximum absolute atomic E-state index is 12.1. The summed E-state index contributed by atoms with van der Waals surface area (Å²) in [6.45, 7) is 3.72. The number of benzene rings is 1. The number of hydrogen-bond acceptors (Lipinski definition) is 5. The van der Waals surface area contributed by atoms with E-state index in [0.717, 1.165) is 40.1 Å². The number of aryl methyl sites for hydroxylation is 1. The van der Waals surface area contributed by atoms with Crippen molar-refractivity contribution in [3.63, 3.8) is 0 Å². The Bertz CT molecular complexity index is 805. The Morgan fingerprint density at radius 3 is 2.79 bits per heavy atom. The molecule has 0 aliphatic carbocycles. The molecule has 24 heavy (non-hydrogen) atoms. The van der Waals surface area contributed by atoms with Gasteiger partial charge in [-0.3, -0.25) is 14.9 Å². The summed E-state index contributed by atoms with van der Waals surface area (Å²) in [7, 11) is 2.05. The van der Waals surface area contributed by atoms with Crippen molar-refractivity contribution < 1.29 is 9.59 Å². The molecule has 3 rings (SSSR count). The summed E-state index contributed by atoms with van der Waals surface area (Å²) in [6.07, 6.45) is 0.862. The lowest BCUT2D eigenvalue weighted by Gasteiger charge is -2.20. The minimum absolute atomic E-state index is 0.471. The minimum atomic E-state index is -0.720. The Kier molecular flexibility index (Phi) is 4.98. The lowest BCUT2D eigenvalue weighted by molar-refractivity contribution is -0.133. The number of anilines is 2. The second-order valence-electron chi connectivity index (χ2n) is 5.77. The van der Waals surface area contributed by atoms with Gasteiger partial charge in [0.2, 0.25) is 0 Å². The van der Waals surface area contributed by atoms with Crippen LogP contribution in [0.5, 0.6) is 0 Å². The maximum atomic E-state index is 12.1. The number of fused-ring (bicyclic) bond motifs is 1. The fourth-order valence-corrected chi connectivity index (χ4v) is 4.11. The molecule has 126 valence electrons. The van der Waals surface area contributed by atoms with Crippen LogP contribution in [0.4, 0.5) is 10.8 Å². The molecule has 0 saturated heterocycles. The van der Waals surface area contributed by atoms with E-state index in [2.05, 4.69) is 36.4 Å². The molecular formula is C16H17BrN4O2S. The molecule has 2 aromatic rings. The lowest BCUT2D eigenvalue weighted by atomic mass is 10.2. The van der Waals surface area contributed by atoms with E-state index >= 15 is 0 Å². The molecule has 0 atom stereocenters. The summed E-state index contributed by atoms with van der Waals surface area (Å²) in [5.74, 6) is -1.44. The normalized spacial score (nSPS) is 14.1. The first-order valence-electron chi connectivity index (χ1n) is 7.48. The van der Waals surface area contributed by atoms with Gasteiger partial charge in [0.25, 0.3) is 0 Å². The van der Waals surface area contributed by atoms with Crippen molar-refractivity contribution in [3.05, 3.63) is 38.8 Å². The zero-order chi connectivity index (χ0) is 17.3. The second kappa shape index (κ2) is 7.00. The van der Waals surface area contributed by atoms with Crippen LogP contribution in [0.15, 0.2) is 22.7 Å². The van der Waals surface area contributed by atoms with Gasteiger partial charge in [-0.1, -0.05) is 6.07 Å². The summed E-state index contributed by atoms with van der Waals surface area (Å²) in [4.78, 5) is 31.9. The van der Waals surface area contributed by atoms with E-state index in [4.69, 9.17) is 0 Å². The van der Waals surface area contributed by atoms with Gasteiger partial charge in [0.05, 0.1) is 11.4 Å². The van der Waals surface area contributed by atoms with Crippen LogP contribution < -0.4 is 10.6 Å². The Balaban J connectivity index is 1.65. The van der Waals surface area contributed by atoms with Crippen molar-refractivity contribution in [1.29, 1.82) is 0 Å². The highest BCUT2D eigenvalue weighted by molar-refractivity contribution is 9.10. The Morgan fingerprint density at radius 2 is 2.04 bits per heavy atom. The molecule has 0 bridgehead atoms. The summed E-state index contributed by atoms with van der Waals surface area (Å²) >= 11 is 4.80.